The van der Waals surface area contributed by atoms with Gasteiger partial charge in [-0.15, -0.1) is 0 Å². The van der Waals surface area contributed by atoms with E-state index in [1.807, 2.05) is 25.1 Å². The van der Waals surface area contributed by atoms with Crippen molar-refractivity contribution in [2.24, 2.45) is 0 Å². The van der Waals surface area contributed by atoms with Gasteiger partial charge in [-0.3, -0.25) is 4.79 Å². The number of nitrogens with one attached hydrogen (secondary N) is 1. The summed E-state index contributed by atoms with van der Waals surface area (Å²) < 4.78 is 7.68. The van der Waals surface area contributed by atoms with Gasteiger partial charge in [-0.1, -0.05) is 12.1 Å². The molecule has 1 aromatic carbocycles. The minimum atomic E-state index is 0.0137. The van der Waals surface area contributed by atoms with E-state index >= 15 is 0 Å². The topological polar surface area (TPSA) is 56.1 Å². The highest BCUT2D eigenvalue weighted by Gasteiger charge is 2.09. The van der Waals surface area contributed by atoms with Crippen LogP contribution in [0.1, 0.15) is 26.1 Å². The van der Waals surface area contributed by atoms with Crippen LogP contribution in [0.15, 0.2) is 24.3 Å². The Morgan fingerprint density at radius 1 is 1.38 bits per heavy atom. The first kappa shape index (κ1) is 15.5. The molecule has 0 saturated carbocycles. The van der Waals surface area contributed by atoms with Crippen molar-refractivity contribution in [3.63, 3.8) is 0 Å². The number of hydrogen-bond acceptors (Lipinski definition) is 3. The first-order chi connectivity index (χ1) is 10.2. The molecule has 0 unspecified atom stereocenters. The number of aryl methyl sites for hydroxylation is 1. The number of amides is 1. The van der Waals surface area contributed by atoms with Crippen molar-refractivity contribution in [2.45, 2.75) is 33.2 Å². The quantitative estimate of drug-likeness (QED) is 0.758. The van der Waals surface area contributed by atoms with Gasteiger partial charge in [-0.25, -0.2) is 4.98 Å². The van der Waals surface area contributed by atoms with Gasteiger partial charge in [0.15, 0.2) is 0 Å². The first-order valence-corrected chi connectivity index (χ1v) is 7.48. The van der Waals surface area contributed by atoms with Gasteiger partial charge in [0, 0.05) is 33.0 Å². The average Bonchev–Trinajstić information content (AvgIpc) is 2.82. The third kappa shape index (κ3) is 4.29. The number of fused-ring (bicyclic) bond motifs is 1. The molecule has 2 aromatic rings. The van der Waals surface area contributed by atoms with Gasteiger partial charge in [0.1, 0.15) is 5.82 Å². The van der Waals surface area contributed by atoms with E-state index in [2.05, 4.69) is 16.0 Å². The molecule has 0 saturated heterocycles. The molecule has 5 nitrogen and oxygen atoms in total. The number of para-hydroxylation sites is 2. The number of nitrogens with zero attached hydrogens (tertiary/aromatic N) is 2. The summed E-state index contributed by atoms with van der Waals surface area (Å²) in [5, 5.41) is 2.82. The summed E-state index contributed by atoms with van der Waals surface area (Å²) in [7, 11) is 0. The predicted octanol–water partition coefficient (Wildman–Crippen LogP) is 2.14. The van der Waals surface area contributed by atoms with Gasteiger partial charge in [0.05, 0.1) is 17.6 Å². The number of aromatic nitrogens is 2. The summed E-state index contributed by atoms with van der Waals surface area (Å²) in [4.78, 5) is 15.6. The van der Waals surface area contributed by atoms with E-state index in [0.29, 0.717) is 13.2 Å². The molecule has 114 valence electrons. The largest absolute Gasteiger partial charge is 0.380 e. The third-order valence-electron chi connectivity index (χ3n) is 3.35. The van der Waals surface area contributed by atoms with E-state index in [4.69, 9.17) is 9.72 Å². The van der Waals surface area contributed by atoms with E-state index in [1.54, 1.807) is 0 Å². The molecule has 1 N–H and O–H groups in total. The summed E-state index contributed by atoms with van der Waals surface area (Å²) in [6.45, 7) is 6.45. The van der Waals surface area contributed by atoms with Crippen molar-refractivity contribution >= 4 is 16.9 Å². The number of hydrogen-bond donors (Lipinski definition) is 1. The van der Waals surface area contributed by atoms with Crippen LogP contribution in [0.4, 0.5) is 0 Å². The Morgan fingerprint density at radius 3 is 2.95 bits per heavy atom. The highest BCUT2D eigenvalue weighted by atomic mass is 16.5. The van der Waals surface area contributed by atoms with Crippen molar-refractivity contribution < 1.29 is 9.53 Å². The molecule has 5 heteroatoms. The van der Waals surface area contributed by atoms with Crippen molar-refractivity contribution in [2.75, 3.05) is 19.8 Å². The first-order valence-electron chi connectivity index (χ1n) is 7.48. The maximum Gasteiger partial charge on any atom is 0.216 e. The summed E-state index contributed by atoms with van der Waals surface area (Å²) in [5.74, 6) is 1.07. The van der Waals surface area contributed by atoms with E-state index in [1.165, 1.54) is 6.92 Å². The zero-order valence-corrected chi connectivity index (χ0v) is 12.8. The molecule has 0 atom stereocenters. The van der Waals surface area contributed by atoms with Crippen LogP contribution in [0.3, 0.4) is 0 Å². The number of imidazole rings is 1. The van der Waals surface area contributed by atoms with Crippen LogP contribution in [-0.2, 0) is 22.5 Å². The fourth-order valence-electron chi connectivity index (χ4n) is 2.38. The lowest BCUT2D eigenvalue weighted by Crippen LogP contribution is -2.21. The minimum absolute atomic E-state index is 0.0137. The molecule has 0 aliphatic heterocycles. The average molecular weight is 289 g/mol. The number of carbonyl (C=O) groups excluding carboxylic acids is 1. The van der Waals surface area contributed by atoms with Crippen molar-refractivity contribution in [3.05, 3.63) is 30.1 Å². The molecule has 1 heterocycles. The molecular weight excluding hydrogens is 266 g/mol. The van der Waals surface area contributed by atoms with Crippen LogP contribution >= 0.6 is 0 Å². The monoisotopic (exact) mass is 289 g/mol. The van der Waals surface area contributed by atoms with Gasteiger partial charge in [-0.05, 0) is 25.5 Å². The lowest BCUT2D eigenvalue weighted by molar-refractivity contribution is -0.118. The molecule has 0 bridgehead atoms. The zero-order valence-electron chi connectivity index (χ0n) is 12.8. The van der Waals surface area contributed by atoms with E-state index in [-0.39, 0.29) is 5.91 Å². The highest BCUT2D eigenvalue weighted by molar-refractivity contribution is 5.76. The Morgan fingerprint density at radius 2 is 2.19 bits per heavy atom. The number of carbonyl (C=O) groups is 1. The van der Waals surface area contributed by atoms with Gasteiger partial charge in [0.2, 0.25) is 5.91 Å². The lowest BCUT2D eigenvalue weighted by Gasteiger charge is -2.09. The summed E-state index contributed by atoms with van der Waals surface area (Å²) >= 11 is 0. The van der Waals surface area contributed by atoms with Crippen molar-refractivity contribution in [3.8, 4) is 0 Å². The van der Waals surface area contributed by atoms with E-state index < -0.39 is 0 Å². The second kappa shape index (κ2) is 7.78. The molecule has 21 heavy (non-hydrogen) atoms. The molecule has 1 amide bonds. The van der Waals surface area contributed by atoms with E-state index in [9.17, 15) is 4.79 Å². The Bertz CT molecular complexity index is 592. The third-order valence-corrected chi connectivity index (χ3v) is 3.35. The van der Waals surface area contributed by atoms with Crippen molar-refractivity contribution in [1.29, 1.82) is 0 Å². The smallest absolute Gasteiger partial charge is 0.216 e. The Kier molecular flexibility index (Phi) is 5.75. The minimum Gasteiger partial charge on any atom is -0.380 e. The Balaban J connectivity index is 2.08. The molecule has 0 aliphatic rings. The highest BCUT2D eigenvalue weighted by Crippen LogP contribution is 2.17. The van der Waals surface area contributed by atoms with Crippen LogP contribution in [0.5, 0.6) is 0 Å². The second-order valence-electron chi connectivity index (χ2n) is 4.95. The maximum atomic E-state index is 10.9. The molecule has 0 aliphatic carbocycles. The zero-order chi connectivity index (χ0) is 15.1. The fourth-order valence-corrected chi connectivity index (χ4v) is 2.38. The number of benzene rings is 1. The maximum absolute atomic E-state index is 10.9. The SMILES string of the molecule is CCOCCn1c(CCCNC(C)=O)nc2ccccc21. The fraction of sp³-hybridized carbons (Fsp3) is 0.500. The summed E-state index contributed by atoms with van der Waals surface area (Å²) in [6, 6.07) is 8.15. The molecule has 2 rings (SSSR count). The predicted molar refractivity (Wildman–Crippen MR) is 83.2 cm³/mol. The van der Waals surface area contributed by atoms with E-state index in [0.717, 1.165) is 42.9 Å². The standard InChI is InChI=1S/C16H23N3O2/c1-3-21-12-11-19-15-8-5-4-7-14(15)18-16(19)9-6-10-17-13(2)20/h4-5,7-8H,3,6,9-12H2,1-2H3,(H,17,20). The molecule has 0 fully saturated rings. The Labute approximate surface area is 125 Å². The second-order valence-corrected chi connectivity index (χ2v) is 4.95. The summed E-state index contributed by atoms with van der Waals surface area (Å²) in [5.41, 5.74) is 2.16. The number of ether oxygens (including phenoxy) is 1. The number of rotatable bonds is 8. The van der Waals surface area contributed by atoms with Crippen molar-refractivity contribution in [1.82, 2.24) is 14.9 Å². The molecule has 0 spiro atoms. The molecular formula is C16H23N3O2. The van der Waals surface area contributed by atoms with Crippen LogP contribution in [-0.4, -0.2) is 35.2 Å². The van der Waals surface area contributed by atoms with Crippen LogP contribution in [0.2, 0.25) is 0 Å². The van der Waals surface area contributed by atoms with Crippen LogP contribution in [0, 0.1) is 0 Å². The van der Waals surface area contributed by atoms with Gasteiger partial charge >= 0.3 is 0 Å². The Hall–Kier alpha value is -1.88. The van der Waals surface area contributed by atoms with Gasteiger partial charge < -0.3 is 14.6 Å². The van der Waals surface area contributed by atoms with Gasteiger partial charge in [-0.2, -0.15) is 0 Å². The van der Waals surface area contributed by atoms with Crippen LogP contribution < -0.4 is 5.32 Å². The van der Waals surface area contributed by atoms with Gasteiger partial charge in [0.25, 0.3) is 0 Å². The summed E-state index contributed by atoms with van der Waals surface area (Å²) in [6.07, 6.45) is 1.73. The van der Waals surface area contributed by atoms with Crippen LogP contribution in [0.25, 0.3) is 11.0 Å². The molecule has 0 radical (unpaired) electrons. The molecule has 1 aromatic heterocycles. The normalized spacial score (nSPS) is 11.0. The lowest BCUT2D eigenvalue weighted by atomic mass is 10.3.